The van der Waals surface area contributed by atoms with Gasteiger partial charge in [-0.2, -0.15) is 0 Å². The Morgan fingerprint density at radius 1 is 1.39 bits per heavy atom. The fourth-order valence-corrected chi connectivity index (χ4v) is 1.61. The van der Waals surface area contributed by atoms with Gasteiger partial charge in [-0.25, -0.2) is 0 Å². The number of rotatable bonds is 5. The second kappa shape index (κ2) is 5.98. The van der Waals surface area contributed by atoms with Crippen LogP contribution < -0.4 is 11.1 Å². The van der Waals surface area contributed by atoms with E-state index in [1.165, 1.54) is 0 Å². The summed E-state index contributed by atoms with van der Waals surface area (Å²) < 4.78 is 0. The molecular formula is C14H23N3O. The van der Waals surface area contributed by atoms with Crippen LogP contribution in [-0.2, 0) is 4.79 Å². The maximum Gasteiger partial charge on any atom is 0.241 e. The van der Waals surface area contributed by atoms with Crippen LogP contribution in [0.2, 0.25) is 0 Å². The van der Waals surface area contributed by atoms with Crippen LogP contribution in [0, 0.1) is 0 Å². The van der Waals surface area contributed by atoms with Gasteiger partial charge in [0.2, 0.25) is 5.91 Å². The fourth-order valence-electron chi connectivity index (χ4n) is 1.61. The number of anilines is 1. The van der Waals surface area contributed by atoms with Gasteiger partial charge in [0.1, 0.15) is 0 Å². The van der Waals surface area contributed by atoms with Gasteiger partial charge >= 0.3 is 0 Å². The summed E-state index contributed by atoms with van der Waals surface area (Å²) in [5.41, 5.74) is 6.34. The Hall–Kier alpha value is -1.39. The second-order valence-corrected chi connectivity index (χ2v) is 5.16. The molecule has 1 unspecified atom stereocenters. The van der Waals surface area contributed by atoms with E-state index in [1.54, 1.807) is 0 Å². The number of likely N-dealkylation sites (N-methyl/N-ethyl adjacent to an activating group) is 1. The molecule has 0 fully saturated rings. The first-order valence-corrected chi connectivity index (χ1v) is 6.17. The molecule has 4 nitrogen and oxygen atoms in total. The molecule has 0 saturated heterocycles. The standard InChI is InChI=1S/C14H23N3O/c1-11(17(4)14(2,3)10-15)13(18)16-12-8-6-5-7-9-12/h5-9,11H,10,15H2,1-4H3,(H,16,18). The van der Waals surface area contributed by atoms with E-state index in [2.05, 4.69) is 5.32 Å². The molecule has 4 heteroatoms. The SMILES string of the molecule is CC(C(=O)Nc1ccccc1)N(C)C(C)(C)CN. The Kier molecular flexibility index (Phi) is 4.87. The van der Waals surface area contributed by atoms with Crippen molar-refractivity contribution in [1.29, 1.82) is 0 Å². The Bertz CT molecular complexity index is 389. The normalized spacial score (nSPS) is 13.4. The predicted octanol–water partition coefficient (Wildman–Crippen LogP) is 1.68. The van der Waals surface area contributed by atoms with Crippen molar-refractivity contribution in [1.82, 2.24) is 4.90 Å². The molecule has 100 valence electrons. The van der Waals surface area contributed by atoms with Gasteiger partial charge in [-0.3, -0.25) is 9.69 Å². The monoisotopic (exact) mass is 249 g/mol. The molecule has 0 radical (unpaired) electrons. The molecular weight excluding hydrogens is 226 g/mol. The summed E-state index contributed by atoms with van der Waals surface area (Å²) in [6.45, 7) is 6.45. The molecule has 3 N–H and O–H groups in total. The van der Waals surface area contributed by atoms with Crippen LogP contribution in [0.15, 0.2) is 30.3 Å². The van der Waals surface area contributed by atoms with Crippen LogP contribution in [0.5, 0.6) is 0 Å². The van der Waals surface area contributed by atoms with Gasteiger partial charge in [-0.05, 0) is 40.0 Å². The van der Waals surface area contributed by atoms with Crippen LogP contribution in [0.25, 0.3) is 0 Å². The molecule has 0 heterocycles. The van der Waals surface area contributed by atoms with Crippen molar-refractivity contribution in [3.63, 3.8) is 0 Å². The highest BCUT2D eigenvalue weighted by Crippen LogP contribution is 2.15. The van der Waals surface area contributed by atoms with E-state index in [-0.39, 0.29) is 17.5 Å². The van der Waals surface area contributed by atoms with Crippen LogP contribution in [0.4, 0.5) is 5.69 Å². The van der Waals surface area contributed by atoms with Crippen LogP contribution in [-0.4, -0.2) is 36.0 Å². The van der Waals surface area contributed by atoms with Gasteiger partial charge in [-0.1, -0.05) is 18.2 Å². The molecule has 1 amide bonds. The van der Waals surface area contributed by atoms with Crippen molar-refractivity contribution in [2.24, 2.45) is 5.73 Å². The largest absolute Gasteiger partial charge is 0.329 e. The third-order valence-electron chi connectivity index (χ3n) is 3.46. The van der Waals surface area contributed by atoms with Gasteiger partial charge in [0.05, 0.1) is 6.04 Å². The quantitative estimate of drug-likeness (QED) is 0.834. The van der Waals surface area contributed by atoms with Crippen molar-refractivity contribution in [3.05, 3.63) is 30.3 Å². The second-order valence-electron chi connectivity index (χ2n) is 5.16. The number of carbonyl (C=O) groups is 1. The summed E-state index contributed by atoms with van der Waals surface area (Å²) in [4.78, 5) is 14.1. The fraction of sp³-hybridized carbons (Fsp3) is 0.500. The van der Waals surface area contributed by atoms with Crippen molar-refractivity contribution in [3.8, 4) is 0 Å². The molecule has 1 rings (SSSR count). The number of nitrogens with zero attached hydrogens (tertiary/aromatic N) is 1. The summed E-state index contributed by atoms with van der Waals surface area (Å²) in [7, 11) is 1.92. The van der Waals surface area contributed by atoms with Crippen molar-refractivity contribution < 1.29 is 4.79 Å². The minimum Gasteiger partial charge on any atom is -0.329 e. The highest BCUT2D eigenvalue weighted by Gasteiger charge is 2.29. The third-order valence-corrected chi connectivity index (χ3v) is 3.46. The van der Waals surface area contributed by atoms with Crippen LogP contribution in [0.1, 0.15) is 20.8 Å². The van der Waals surface area contributed by atoms with E-state index in [0.29, 0.717) is 6.54 Å². The number of amides is 1. The lowest BCUT2D eigenvalue weighted by molar-refractivity contribution is -0.122. The Labute approximate surface area is 109 Å². The number of hydrogen-bond donors (Lipinski definition) is 2. The number of benzene rings is 1. The van der Waals surface area contributed by atoms with Gasteiger partial charge in [0, 0.05) is 17.8 Å². The highest BCUT2D eigenvalue weighted by molar-refractivity contribution is 5.94. The van der Waals surface area contributed by atoms with Crippen molar-refractivity contribution >= 4 is 11.6 Å². The highest BCUT2D eigenvalue weighted by atomic mass is 16.2. The number of para-hydroxylation sites is 1. The summed E-state index contributed by atoms with van der Waals surface area (Å²) in [5, 5.41) is 2.90. The maximum absolute atomic E-state index is 12.1. The van der Waals surface area contributed by atoms with Crippen LogP contribution >= 0.6 is 0 Å². The molecule has 0 saturated carbocycles. The lowest BCUT2D eigenvalue weighted by atomic mass is 10.0. The molecule has 1 aromatic rings. The van der Waals surface area contributed by atoms with E-state index >= 15 is 0 Å². The lowest BCUT2D eigenvalue weighted by Gasteiger charge is -2.38. The Morgan fingerprint density at radius 2 is 1.94 bits per heavy atom. The molecule has 0 bridgehead atoms. The zero-order valence-electron chi connectivity index (χ0n) is 11.6. The zero-order valence-corrected chi connectivity index (χ0v) is 11.6. The average molecular weight is 249 g/mol. The van der Waals surface area contributed by atoms with Gasteiger partial charge < -0.3 is 11.1 Å². The van der Waals surface area contributed by atoms with E-state index < -0.39 is 0 Å². The Balaban J connectivity index is 2.67. The minimum atomic E-state index is -0.233. The smallest absolute Gasteiger partial charge is 0.241 e. The third kappa shape index (κ3) is 3.55. The molecule has 1 atom stereocenters. The van der Waals surface area contributed by atoms with Gasteiger partial charge in [0.25, 0.3) is 0 Å². The molecule has 1 aromatic carbocycles. The van der Waals surface area contributed by atoms with E-state index in [0.717, 1.165) is 5.69 Å². The summed E-state index contributed by atoms with van der Waals surface area (Å²) in [5.74, 6) is -0.0229. The minimum absolute atomic E-state index is 0.0229. The molecule has 0 spiro atoms. The molecule has 18 heavy (non-hydrogen) atoms. The van der Waals surface area contributed by atoms with Gasteiger partial charge in [-0.15, -0.1) is 0 Å². The summed E-state index contributed by atoms with van der Waals surface area (Å²) in [6.07, 6.45) is 0. The molecule has 0 aromatic heterocycles. The van der Waals surface area contributed by atoms with Gasteiger partial charge in [0.15, 0.2) is 0 Å². The first kappa shape index (κ1) is 14.7. The van der Waals surface area contributed by atoms with Crippen molar-refractivity contribution in [2.75, 3.05) is 18.9 Å². The Morgan fingerprint density at radius 3 is 2.44 bits per heavy atom. The summed E-state index contributed by atoms with van der Waals surface area (Å²) in [6, 6.07) is 9.23. The first-order chi connectivity index (χ1) is 8.38. The average Bonchev–Trinajstić information content (AvgIpc) is 2.38. The van der Waals surface area contributed by atoms with Crippen LogP contribution in [0.3, 0.4) is 0 Å². The molecule has 0 aliphatic heterocycles. The van der Waals surface area contributed by atoms with E-state index in [4.69, 9.17) is 5.73 Å². The van der Waals surface area contributed by atoms with E-state index in [9.17, 15) is 4.79 Å². The number of carbonyl (C=O) groups excluding carboxylic acids is 1. The zero-order chi connectivity index (χ0) is 13.8. The first-order valence-electron chi connectivity index (χ1n) is 6.17. The number of nitrogens with one attached hydrogen (secondary N) is 1. The van der Waals surface area contributed by atoms with Crippen molar-refractivity contribution in [2.45, 2.75) is 32.4 Å². The lowest BCUT2D eigenvalue weighted by Crippen LogP contribution is -2.54. The summed E-state index contributed by atoms with van der Waals surface area (Å²) >= 11 is 0. The van der Waals surface area contributed by atoms with E-state index in [1.807, 2.05) is 63.1 Å². The predicted molar refractivity (Wildman–Crippen MR) is 75.4 cm³/mol. The number of nitrogens with two attached hydrogens (primary N) is 1. The molecule has 0 aliphatic rings. The maximum atomic E-state index is 12.1. The molecule has 0 aliphatic carbocycles. The topological polar surface area (TPSA) is 58.4 Å². The number of hydrogen-bond acceptors (Lipinski definition) is 3.